The van der Waals surface area contributed by atoms with Crippen molar-refractivity contribution in [1.29, 1.82) is 0 Å². The van der Waals surface area contributed by atoms with Gasteiger partial charge in [-0.2, -0.15) is 13.2 Å². The quantitative estimate of drug-likeness (QED) is 0.552. The summed E-state index contributed by atoms with van der Waals surface area (Å²) in [6, 6.07) is 2.83. The summed E-state index contributed by atoms with van der Waals surface area (Å²) < 4.78 is 49.9. The van der Waals surface area contributed by atoms with Gasteiger partial charge in [-0.15, -0.1) is 0 Å². The number of aromatic nitrogens is 1. The van der Waals surface area contributed by atoms with E-state index in [1.807, 2.05) is 0 Å². The Labute approximate surface area is 151 Å². The average Bonchev–Trinajstić information content (AvgIpc) is 3.32. The highest BCUT2D eigenvalue weighted by Crippen LogP contribution is 2.44. The molecule has 1 saturated carbocycles. The molecule has 9 heteroatoms. The van der Waals surface area contributed by atoms with Gasteiger partial charge in [-0.25, -0.2) is 4.79 Å². The molecule has 138 valence electrons. The smallest absolute Gasteiger partial charge is 0.417 e. The van der Waals surface area contributed by atoms with Crippen LogP contribution in [0.4, 0.5) is 13.2 Å². The molecule has 0 aliphatic heterocycles. The molecule has 26 heavy (non-hydrogen) atoms. The standard InChI is InChI=1S/C17H13ClF3NO4/c1-2-25-16(24)13-12(15(26-22-13)8-3-4-8)14(23)10-6-5-9(18)7-11(10)17(19,20)21/h5-8H,2-4H2,1H3. The summed E-state index contributed by atoms with van der Waals surface area (Å²) in [5, 5.41) is 3.41. The van der Waals surface area contributed by atoms with E-state index in [1.165, 1.54) is 6.07 Å². The summed E-state index contributed by atoms with van der Waals surface area (Å²) in [5.41, 5.74) is -2.51. The zero-order valence-electron chi connectivity index (χ0n) is 13.5. The second kappa shape index (κ2) is 6.75. The van der Waals surface area contributed by atoms with Gasteiger partial charge < -0.3 is 9.26 Å². The van der Waals surface area contributed by atoms with E-state index < -0.39 is 34.7 Å². The van der Waals surface area contributed by atoms with Crippen LogP contribution in [-0.2, 0) is 10.9 Å². The lowest BCUT2D eigenvalue weighted by molar-refractivity contribution is -0.137. The summed E-state index contributed by atoms with van der Waals surface area (Å²) in [6.07, 6.45) is -3.40. The third kappa shape index (κ3) is 3.46. The lowest BCUT2D eigenvalue weighted by atomic mass is 9.95. The van der Waals surface area contributed by atoms with Crippen LogP contribution in [0.5, 0.6) is 0 Å². The summed E-state index contributed by atoms with van der Waals surface area (Å²) in [4.78, 5) is 25.0. The number of esters is 1. The van der Waals surface area contributed by atoms with Crippen LogP contribution in [0.25, 0.3) is 0 Å². The number of nitrogens with zero attached hydrogens (tertiary/aromatic N) is 1. The van der Waals surface area contributed by atoms with Crippen LogP contribution in [0.2, 0.25) is 5.02 Å². The zero-order chi connectivity index (χ0) is 19.1. The van der Waals surface area contributed by atoms with Crippen molar-refractivity contribution < 1.29 is 32.0 Å². The maximum Gasteiger partial charge on any atom is 0.417 e. The molecule has 1 fully saturated rings. The molecular weight excluding hydrogens is 375 g/mol. The molecule has 1 aromatic carbocycles. The van der Waals surface area contributed by atoms with Gasteiger partial charge in [0.2, 0.25) is 5.69 Å². The minimum atomic E-state index is -4.79. The average molecular weight is 388 g/mol. The molecule has 0 amide bonds. The predicted octanol–water partition coefficient (Wildman–Crippen LogP) is 4.63. The number of ketones is 1. The topological polar surface area (TPSA) is 69.4 Å². The highest BCUT2D eigenvalue weighted by Gasteiger charge is 2.41. The van der Waals surface area contributed by atoms with E-state index in [9.17, 15) is 22.8 Å². The SMILES string of the molecule is CCOC(=O)c1noc(C2CC2)c1C(=O)c1ccc(Cl)cc1C(F)(F)F. The van der Waals surface area contributed by atoms with Gasteiger partial charge in [0.25, 0.3) is 0 Å². The van der Waals surface area contributed by atoms with Gasteiger partial charge in [-0.1, -0.05) is 16.8 Å². The number of hydrogen-bond acceptors (Lipinski definition) is 5. The van der Waals surface area contributed by atoms with Crippen molar-refractivity contribution in [2.45, 2.75) is 31.9 Å². The van der Waals surface area contributed by atoms with Crippen LogP contribution in [0.15, 0.2) is 22.7 Å². The number of alkyl halides is 3. The van der Waals surface area contributed by atoms with Crippen molar-refractivity contribution in [2.75, 3.05) is 6.61 Å². The first-order valence-corrected chi connectivity index (χ1v) is 8.20. The number of halogens is 4. The molecule has 1 aliphatic rings. The number of ether oxygens (including phenoxy) is 1. The molecule has 5 nitrogen and oxygen atoms in total. The Bertz CT molecular complexity index is 871. The van der Waals surface area contributed by atoms with Crippen molar-refractivity contribution >= 4 is 23.4 Å². The van der Waals surface area contributed by atoms with E-state index in [0.29, 0.717) is 18.9 Å². The molecule has 0 atom stereocenters. The van der Waals surface area contributed by atoms with E-state index in [-0.39, 0.29) is 28.9 Å². The van der Waals surface area contributed by atoms with Crippen LogP contribution in [0, 0.1) is 0 Å². The Morgan fingerprint density at radius 2 is 2.04 bits per heavy atom. The first-order chi connectivity index (χ1) is 12.2. The van der Waals surface area contributed by atoms with E-state index in [4.69, 9.17) is 20.9 Å². The minimum absolute atomic E-state index is 0.0207. The van der Waals surface area contributed by atoms with Gasteiger partial charge >= 0.3 is 12.1 Å². The second-order valence-electron chi connectivity index (χ2n) is 5.78. The normalized spacial score (nSPS) is 14.3. The molecule has 0 spiro atoms. The number of carbonyl (C=O) groups excluding carboxylic acids is 2. The third-order valence-corrected chi connectivity index (χ3v) is 4.13. The van der Waals surface area contributed by atoms with Crippen LogP contribution < -0.4 is 0 Å². The molecule has 0 N–H and O–H groups in total. The summed E-state index contributed by atoms with van der Waals surface area (Å²) in [7, 11) is 0. The van der Waals surface area contributed by atoms with Crippen LogP contribution in [0.3, 0.4) is 0 Å². The molecule has 0 radical (unpaired) electrons. The molecule has 0 bridgehead atoms. The Morgan fingerprint density at radius 1 is 1.35 bits per heavy atom. The number of carbonyl (C=O) groups is 2. The molecule has 3 rings (SSSR count). The largest absolute Gasteiger partial charge is 0.461 e. The minimum Gasteiger partial charge on any atom is -0.461 e. The third-order valence-electron chi connectivity index (χ3n) is 3.89. The maximum atomic E-state index is 13.3. The second-order valence-corrected chi connectivity index (χ2v) is 6.22. The molecule has 1 heterocycles. The van der Waals surface area contributed by atoms with Crippen molar-refractivity contribution in [3.05, 3.63) is 51.4 Å². The monoisotopic (exact) mass is 387 g/mol. The first kappa shape index (κ1) is 18.4. The van der Waals surface area contributed by atoms with E-state index in [1.54, 1.807) is 6.92 Å². The van der Waals surface area contributed by atoms with Gasteiger partial charge in [-0.3, -0.25) is 4.79 Å². The number of benzene rings is 1. The molecular formula is C17H13ClF3NO4. The van der Waals surface area contributed by atoms with E-state index >= 15 is 0 Å². The zero-order valence-corrected chi connectivity index (χ0v) is 14.3. The summed E-state index contributed by atoms with van der Waals surface area (Å²) >= 11 is 5.65. The van der Waals surface area contributed by atoms with E-state index in [2.05, 4.69) is 5.16 Å². The fourth-order valence-corrected chi connectivity index (χ4v) is 2.74. The van der Waals surface area contributed by atoms with Crippen LogP contribution in [-0.4, -0.2) is 23.5 Å². The van der Waals surface area contributed by atoms with Crippen molar-refractivity contribution in [1.82, 2.24) is 5.16 Å². The summed E-state index contributed by atoms with van der Waals surface area (Å²) in [6.45, 7) is 1.58. The van der Waals surface area contributed by atoms with Crippen molar-refractivity contribution in [3.63, 3.8) is 0 Å². The van der Waals surface area contributed by atoms with Gasteiger partial charge in [0.1, 0.15) is 5.56 Å². The van der Waals surface area contributed by atoms with Gasteiger partial charge in [0.15, 0.2) is 11.5 Å². The van der Waals surface area contributed by atoms with Gasteiger partial charge in [0.05, 0.1) is 12.2 Å². The van der Waals surface area contributed by atoms with Crippen LogP contribution in [0.1, 0.15) is 63.4 Å². The highest BCUT2D eigenvalue weighted by molar-refractivity contribution is 6.31. The van der Waals surface area contributed by atoms with Gasteiger partial charge in [-0.05, 0) is 38.0 Å². The molecule has 0 saturated heterocycles. The van der Waals surface area contributed by atoms with Crippen LogP contribution >= 0.6 is 11.6 Å². The Kier molecular flexibility index (Phi) is 4.79. The lowest BCUT2D eigenvalue weighted by Gasteiger charge is -2.12. The summed E-state index contributed by atoms with van der Waals surface area (Å²) in [5.74, 6) is -1.96. The highest BCUT2D eigenvalue weighted by atomic mass is 35.5. The van der Waals surface area contributed by atoms with Gasteiger partial charge in [0, 0.05) is 16.5 Å². The molecule has 0 unspecified atom stereocenters. The van der Waals surface area contributed by atoms with Crippen molar-refractivity contribution in [3.8, 4) is 0 Å². The fourth-order valence-electron chi connectivity index (χ4n) is 2.57. The number of hydrogen-bond donors (Lipinski definition) is 0. The Morgan fingerprint density at radius 3 is 2.62 bits per heavy atom. The molecule has 1 aromatic heterocycles. The maximum absolute atomic E-state index is 13.3. The molecule has 1 aliphatic carbocycles. The lowest BCUT2D eigenvalue weighted by Crippen LogP contribution is -2.17. The molecule has 2 aromatic rings. The predicted molar refractivity (Wildman–Crippen MR) is 84.3 cm³/mol. The van der Waals surface area contributed by atoms with Crippen molar-refractivity contribution in [2.24, 2.45) is 0 Å². The first-order valence-electron chi connectivity index (χ1n) is 7.82. The Hall–Kier alpha value is -2.35. The Balaban J connectivity index is 2.14. The number of rotatable bonds is 5. The fraction of sp³-hybridized carbons (Fsp3) is 0.353. The van der Waals surface area contributed by atoms with E-state index in [0.717, 1.165) is 6.07 Å².